The molecule has 0 saturated heterocycles. The van der Waals surface area contributed by atoms with Crippen molar-refractivity contribution >= 4 is 23.4 Å². The number of amides is 3. The van der Waals surface area contributed by atoms with Crippen LogP contribution in [0.2, 0.25) is 0 Å². The molecule has 0 fully saturated rings. The van der Waals surface area contributed by atoms with E-state index in [0.29, 0.717) is 23.2 Å². The Kier molecular flexibility index (Phi) is 2.84. The molecule has 2 aromatic carbocycles. The molecule has 0 unspecified atom stereocenters. The third-order valence-corrected chi connectivity index (χ3v) is 4.41. The summed E-state index contributed by atoms with van der Waals surface area (Å²) in [5, 5.41) is 2.22. The first-order chi connectivity index (χ1) is 11.1. The first-order valence-corrected chi connectivity index (χ1v) is 7.49. The zero-order valence-electron chi connectivity index (χ0n) is 12.6. The molecule has 4 rings (SSSR count). The number of carbonyl (C=O) groups excluding carboxylic acids is 3. The third-order valence-electron chi connectivity index (χ3n) is 4.41. The number of hydrogen-bond donors (Lipinski definition) is 0. The highest BCUT2D eigenvalue weighted by Gasteiger charge is 2.43. The first-order valence-electron chi connectivity index (χ1n) is 7.49. The fourth-order valence-corrected chi connectivity index (χ4v) is 3.26. The third kappa shape index (κ3) is 1.83. The van der Waals surface area contributed by atoms with Gasteiger partial charge in [0.15, 0.2) is 0 Å². The van der Waals surface area contributed by atoms with Crippen molar-refractivity contribution in [2.45, 2.75) is 19.8 Å². The summed E-state index contributed by atoms with van der Waals surface area (Å²) in [5.41, 5.74) is 3.35. The second-order valence-corrected chi connectivity index (χ2v) is 5.75. The molecule has 2 aliphatic rings. The Labute approximate surface area is 133 Å². The van der Waals surface area contributed by atoms with Gasteiger partial charge in [0.05, 0.1) is 16.8 Å². The number of anilines is 1. The lowest BCUT2D eigenvalue weighted by Gasteiger charge is -2.35. The van der Waals surface area contributed by atoms with Crippen LogP contribution in [0.3, 0.4) is 0 Å². The summed E-state index contributed by atoms with van der Waals surface area (Å²) in [6, 6.07) is 12.2. The average molecular weight is 306 g/mol. The molecule has 0 aliphatic carbocycles. The van der Waals surface area contributed by atoms with E-state index in [2.05, 4.69) is 0 Å². The van der Waals surface area contributed by atoms with E-state index in [1.807, 2.05) is 19.1 Å². The van der Waals surface area contributed by atoms with Gasteiger partial charge in [-0.3, -0.25) is 14.4 Å². The molecule has 2 heterocycles. The lowest BCUT2D eigenvalue weighted by molar-refractivity contribution is -0.121. The number of hydrazine groups is 1. The predicted octanol–water partition coefficient (Wildman–Crippen LogP) is 2.49. The number of rotatable bonds is 1. The van der Waals surface area contributed by atoms with Gasteiger partial charge in [0.25, 0.3) is 11.8 Å². The van der Waals surface area contributed by atoms with Crippen LogP contribution < -0.4 is 5.01 Å². The molecule has 3 amide bonds. The van der Waals surface area contributed by atoms with Crippen molar-refractivity contribution in [2.24, 2.45) is 0 Å². The second kappa shape index (κ2) is 4.78. The van der Waals surface area contributed by atoms with E-state index in [9.17, 15) is 14.4 Å². The van der Waals surface area contributed by atoms with E-state index in [1.165, 1.54) is 5.01 Å². The van der Waals surface area contributed by atoms with Crippen LogP contribution in [0.1, 0.15) is 38.3 Å². The average Bonchev–Trinajstić information content (AvgIpc) is 2.80. The highest BCUT2D eigenvalue weighted by molar-refractivity contribution is 6.24. The smallest absolute Gasteiger partial charge is 0.273 e. The van der Waals surface area contributed by atoms with Crippen molar-refractivity contribution in [3.8, 4) is 0 Å². The largest absolute Gasteiger partial charge is 0.281 e. The van der Waals surface area contributed by atoms with Gasteiger partial charge in [-0.25, -0.2) is 5.01 Å². The van der Waals surface area contributed by atoms with Gasteiger partial charge < -0.3 is 0 Å². The number of aryl methyl sites for hydroxylation is 1. The minimum Gasteiger partial charge on any atom is -0.273 e. The van der Waals surface area contributed by atoms with Crippen LogP contribution in [0, 0.1) is 6.92 Å². The number of benzene rings is 2. The summed E-state index contributed by atoms with van der Waals surface area (Å²) < 4.78 is 0. The first kappa shape index (κ1) is 13.7. The van der Waals surface area contributed by atoms with Crippen LogP contribution in [0.25, 0.3) is 0 Å². The van der Waals surface area contributed by atoms with Crippen molar-refractivity contribution in [1.29, 1.82) is 0 Å². The lowest BCUT2D eigenvalue weighted by atomic mass is 9.97. The number of fused-ring (bicyclic) bond motifs is 2. The molecule has 114 valence electrons. The topological polar surface area (TPSA) is 57.7 Å². The quantitative estimate of drug-likeness (QED) is 0.761. The Morgan fingerprint density at radius 2 is 1.43 bits per heavy atom. The number of carbonyl (C=O) groups is 3. The maximum atomic E-state index is 12.7. The fraction of sp³-hybridized carbons (Fsp3) is 0.167. The molecule has 0 saturated carbocycles. The molecule has 0 aromatic heterocycles. The Bertz CT molecular complexity index is 837. The van der Waals surface area contributed by atoms with Crippen LogP contribution >= 0.6 is 0 Å². The second-order valence-electron chi connectivity index (χ2n) is 5.75. The predicted molar refractivity (Wildman–Crippen MR) is 83.9 cm³/mol. The number of hydrogen-bond acceptors (Lipinski definition) is 3. The number of nitrogens with zero attached hydrogens (tertiary/aromatic N) is 2. The van der Waals surface area contributed by atoms with Gasteiger partial charge in [0.1, 0.15) is 0 Å². The summed E-state index contributed by atoms with van der Waals surface area (Å²) in [4.78, 5) is 37.8. The van der Waals surface area contributed by atoms with Gasteiger partial charge in [-0.1, -0.05) is 24.3 Å². The molecule has 0 bridgehead atoms. The van der Waals surface area contributed by atoms with Crippen LogP contribution in [0.4, 0.5) is 5.69 Å². The van der Waals surface area contributed by atoms with E-state index in [4.69, 9.17) is 0 Å². The Balaban J connectivity index is 1.87. The molecule has 5 nitrogen and oxygen atoms in total. The zero-order valence-corrected chi connectivity index (χ0v) is 12.6. The monoisotopic (exact) mass is 306 g/mol. The Morgan fingerprint density at radius 3 is 2.09 bits per heavy atom. The summed E-state index contributed by atoms with van der Waals surface area (Å²) in [5.74, 6) is -1.14. The molecule has 0 N–H and O–H groups in total. The van der Waals surface area contributed by atoms with E-state index in [1.54, 1.807) is 30.3 Å². The summed E-state index contributed by atoms with van der Waals surface area (Å²) in [6.07, 6.45) is 0.908. The van der Waals surface area contributed by atoms with Crippen molar-refractivity contribution < 1.29 is 14.4 Å². The highest BCUT2D eigenvalue weighted by Crippen LogP contribution is 2.34. The van der Waals surface area contributed by atoms with Crippen LogP contribution in [-0.2, 0) is 11.2 Å². The molecule has 2 aromatic rings. The van der Waals surface area contributed by atoms with Gasteiger partial charge in [-0.2, -0.15) is 5.01 Å². The van der Waals surface area contributed by atoms with Gasteiger partial charge in [0, 0.05) is 6.42 Å². The van der Waals surface area contributed by atoms with Gasteiger partial charge in [0.2, 0.25) is 5.91 Å². The van der Waals surface area contributed by atoms with Gasteiger partial charge >= 0.3 is 0 Å². The summed E-state index contributed by atoms with van der Waals surface area (Å²) in [6.45, 7) is 1.97. The van der Waals surface area contributed by atoms with E-state index >= 15 is 0 Å². The van der Waals surface area contributed by atoms with Gasteiger partial charge in [-0.05, 0) is 42.7 Å². The molecule has 0 radical (unpaired) electrons. The zero-order chi connectivity index (χ0) is 16.1. The highest BCUT2D eigenvalue weighted by atomic mass is 16.2. The van der Waals surface area contributed by atoms with Crippen molar-refractivity contribution in [3.63, 3.8) is 0 Å². The van der Waals surface area contributed by atoms with E-state index in [0.717, 1.165) is 16.1 Å². The molecule has 2 aliphatic heterocycles. The SMILES string of the molecule is Cc1cccc2c1CCC(=O)N2N1C(=O)c2ccccc2C1=O. The minimum atomic E-state index is -0.451. The summed E-state index contributed by atoms with van der Waals surface area (Å²) >= 11 is 0. The normalized spacial score (nSPS) is 16.7. The van der Waals surface area contributed by atoms with Crippen LogP contribution in [-0.4, -0.2) is 22.7 Å². The number of imide groups is 1. The van der Waals surface area contributed by atoms with Gasteiger partial charge in [-0.15, -0.1) is 0 Å². The lowest BCUT2D eigenvalue weighted by Crippen LogP contribution is -2.52. The molecule has 5 heteroatoms. The van der Waals surface area contributed by atoms with E-state index in [-0.39, 0.29) is 12.3 Å². The van der Waals surface area contributed by atoms with Crippen molar-refractivity contribution in [2.75, 3.05) is 5.01 Å². The fourth-order valence-electron chi connectivity index (χ4n) is 3.26. The minimum absolute atomic E-state index is 0.238. The molecular formula is C18H14N2O3. The van der Waals surface area contributed by atoms with Crippen LogP contribution in [0.15, 0.2) is 42.5 Å². The molecule has 0 spiro atoms. The standard InChI is InChI=1S/C18H14N2O3/c1-11-5-4-8-15-12(11)9-10-16(21)19(15)20-17(22)13-6-2-3-7-14(13)18(20)23/h2-8H,9-10H2,1H3. The molecule has 0 atom stereocenters. The van der Waals surface area contributed by atoms with Crippen molar-refractivity contribution in [3.05, 3.63) is 64.7 Å². The maximum Gasteiger partial charge on any atom is 0.281 e. The molecular weight excluding hydrogens is 292 g/mol. The van der Waals surface area contributed by atoms with E-state index < -0.39 is 11.8 Å². The Hall–Kier alpha value is -2.95. The maximum absolute atomic E-state index is 12.7. The van der Waals surface area contributed by atoms with Crippen molar-refractivity contribution in [1.82, 2.24) is 5.01 Å². The molecule has 23 heavy (non-hydrogen) atoms. The Morgan fingerprint density at radius 1 is 0.783 bits per heavy atom. The van der Waals surface area contributed by atoms with Crippen LogP contribution in [0.5, 0.6) is 0 Å². The summed E-state index contributed by atoms with van der Waals surface area (Å²) in [7, 11) is 0.